The van der Waals surface area contributed by atoms with E-state index in [9.17, 15) is 9.59 Å². The summed E-state index contributed by atoms with van der Waals surface area (Å²) in [7, 11) is 3.53. The van der Waals surface area contributed by atoms with E-state index in [0.29, 0.717) is 24.8 Å². The molecule has 3 aromatic carbocycles. The van der Waals surface area contributed by atoms with Gasteiger partial charge in [-0.1, -0.05) is 91.0 Å². The standard InChI is InChI=1S/C31H34N2O3/c1-32(20-25-18-27(25)22-12-6-3-7-13-22)26-19-28(31(35)36-2)33(21-26)30(34)29(23-14-8-4-9-15-23)24-16-10-5-11-17-24/h3-17,25-29H,18-21H2,1-2H3/t25-,26-,27-,28-/m0/s1. The maximum Gasteiger partial charge on any atom is 0.328 e. The summed E-state index contributed by atoms with van der Waals surface area (Å²) in [6.07, 6.45) is 1.78. The number of nitrogens with zero attached hydrogens (tertiary/aromatic N) is 2. The Morgan fingerprint density at radius 1 is 0.889 bits per heavy atom. The number of benzene rings is 3. The lowest BCUT2D eigenvalue weighted by atomic mass is 9.90. The number of hydrogen-bond donors (Lipinski definition) is 0. The van der Waals surface area contributed by atoms with E-state index in [0.717, 1.165) is 17.7 Å². The quantitative estimate of drug-likeness (QED) is 0.437. The van der Waals surface area contributed by atoms with E-state index in [4.69, 9.17) is 4.74 Å². The van der Waals surface area contributed by atoms with Crippen LogP contribution < -0.4 is 0 Å². The second kappa shape index (κ2) is 10.7. The highest BCUT2D eigenvalue weighted by atomic mass is 16.5. The SMILES string of the molecule is COC(=O)[C@@H]1C[C@H](N(C)C[C@@H]2C[C@H]2c2ccccc2)CN1C(=O)C(c1ccccc1)c1ccccc1. The van der Waals surface area contributed by atoms with Crippen LogP contribution in [0.25, 0.3) is 0 Å². The van der Waals surface area contributed by atoms with Crippen LogP contribution in [-0.2, 0) is 14.3 Å². The first-order valence-electron chi connectivity index (χ1n) is 12.8. The van der Waals surface area contributed by atoms with Crippen molar-refractivity contribution in [2.24, 2.45) is 5.92 Å². The molecule has 5 nitrogen and oxygen atoms in total. The van der Waals surface area contributed by atoms with Gasteiger partial charge in [0.15, 0.2) is 0 Å². The number of hydrogen-bond acceptors (Lipinski definition) is 4. The van der Waals surface area contributed by atoms with Gasteiger partial charge in [0.25, 0.3) is 0 Å². The van der Waals surface area contributed by atoms with E-state index in [1.165, 1.54) is 19.1 Å². The first-order valence-corrected chi connectivity index (χ1v) is 12.8. The molecule has 1 saturated carbocycles. The molecule has 0 radical (unpaired) electrons. The van der Waals surface area contributed by atoms with Crippen LogP contribution in [0.1, 0.15) is 41.4 Å². The molecule has 186 valence electrons. The second-order valence-electron chi connectivity index (χ2n) is 10.1. The predicted octanol–water partition coefficient (Wildman–Crippen LogP) is 4.70. The summed E-state index contributed by atoms with van der Waals surface area (Å²) in [6, 6.07) is 29.9. The van der Waals surface area contributed by atoms with Gasteiger partial charge in [0, 0.05) is 19.1 Å². The highest BCUT2D eigenvalue weighted by Gasteiger charge is 2.46. The van der Waals surface area contributed by atoms with Gasteiger partial charge >= 0.3 is 5.97 Å². The van der Waals surface area contributed by atoms with E-state index >= 15 is 0 Å². The van der Waals surface area contributed by atoms with E-state index in [1.807, 2.05) is 60.7 Å². The summed E-state index contributed by atoms with van der Waals surface area (Å²) in [5.74, 6) is 0.361. The van der Waals surface area contributed by atoms with Gasteiger partial charge in [-0.3, -0.25) is 4.79 Å². The van der Waals surface area contributed by atoms with Gasteiger partial charge in [0.1, 0.15) is 6.04 Å². The molecule has 2 fully saturated rings. The maximum absolute atomic E-state index is 14.1. The van der Waals surface area contributed by atoms with Gasteiger partial charge in [0.05, 0.1) is 13.0 Å². The number of ether oxygens (including phenoxy) is 1. The number of rotatable bonds is 8. The first kappa shape index (κ1) is 24.3. The zero-order valence-corrected chi connectivity index (χ0v) is 21.0. The molecular formula is C31H34N2O3. The summed E-state index contributed by atoms with van der Waals surface area (Å²) in [5, 5.41) is 0. The summed E-state index contributed by atoms with van der Waals surface area (Å²) < 4.78 is 5.15. The van der Waals surface area contributed by atoms with Gasteiger partial charge in [-0.25, -0.2) is 4.79 Å². The molecule has 36 heavy (non-hydrogen) atoms. The Bertz CT molecular complexity index is 1130. The lowest BCUT2D eigenvalue weighted by Crippen LogP contribution is -2.44. The third-order valence-electron chi connectivity index (χ3n) is 7.84. The average molecular weight is 483 g/mol. The molecule has 0 spiro atoms. The molecule has 0 aromatic heterocycles. The van der Waals surface area contributed by atoms with E-state index in [2.05, 4.69) is 42.3 Å². The van der Waals surface area contributed by atoms with E-state index < -0.39 is 12.0 Å². The van der Waals surface area contributed by atoms with Crippen LogP contribution in [0.15, 0.2) is 91.0 Å². The minimum Gasteiger partial charge on any atom is -0.467 e. The van der Waals surface area contributed by atoms with Gasteiger partial charge < -0.3 is 14.5 Å². The summed E-state index contributed by atoms with van der Waals surface area (Å²) in [4.78, 5) is 31.1. The average Bonchev–Trinajstić information content (AvgIpc) is 3.54. The van der Waals surface area contributed by atoms with Crippen molar-refractivity contribution in [2.75, 3.05) is 27.2 Å². The van der Waals surface area contributed by atoms with Gasteiger partial charge in [-0.15, -0.1) is 0 Å². The normalized spacial score (nSPS) is 23.2. The minimum atomic E-state index is -0.575. The Morgan fingerprint density at radius 2 is 1.44 bits per heavy atom. The van der Waals surface area contributed by atoms with Gasteiger partial charge in [0.2, 0.25) is 5.91 Å². The number of carbonyl (C=O) groups excluding carboxylic acids is 2. The smallest absolute Gasteiger partial charge is 0.328 e. The number of carbonyl (C=O) groups is 2. The van der Waals surface area contributed by atoms with Crippen molar-refractivity contribution in [1.82, 2.24) is 9.80 Å². The fourth-order valence-corrected chi connectivity index (χ4v) is 5.75. The highest BCUT2D eigenvalue weighted by Crippen LogP contribution is 2.48. The van der Waals surface area contributed by atoms with Crippen LogP contribution in [-0.4, -0.2) is 61.0 Å². The first-order chi connectivity index (χ1) is 17.6. The molecule has 1 saturated heterocycles. The summed E-state index contributed by atoms with van der Waals surface area (Å²) in [6.45, 7) is 1.48. The Morgan fingerprint density at radius 3 is 2.00 bits per heavy atom. The Balaban J connectivity index is 1.34. The Labute approximate surface area is 213 Å². The van der Waals surface area contributed by atoms with Crippen LogP contribution in [0, 0.1) is 5.92 Å². The lowest BCUT2D eigenvalue weighted by molar-refractivity contribution is -0.151. The Hall–Kier alpha value is -3.44. The molecule has 1 amide bonds. The summed E-state index contributed by atoms with van der Waals surface area (Å²) >= 11 is 0. The van der Waals surface area contributed by atoms with Crippen molar-refractivity contribution < 1.29 is 14.3 Å². The molecule has 3 aromatic rings. The number of likely N-dealkylation sites (N-methyl/N-ethyl adjacent to an activating group) is 1. The molecule has 0 N–H and O–H groups in total. The molecule has 2 aliphatic rings. The summed E-state index contributed by atoms with van der Waals surface area (Å²) in [5.41, 5.74) is 3.26. The third-order valence-corrected chi connectivity index (χ3v) is 7.84. The molecular weight excluding hydrogens is 448 g/mol. The molecule has 5 heteroatoms. The van der Waals surface area contributed by atoms with Gasteiger partial charge in [-0.05, 0) is 48.4 Å². The zero-order valence-electron chi connectivity index (χ0n) is 21.0. The van der Waals surface area contributed by atoms with Crippen LogP contribution >= 0.6 is 0 Å². The van der Waals surface area contributed by atoms with Crippen molar-refractivity contribution in [3.05, 3.63) is 108 Å². The van der Waals surface area contributed by atoms with Crippen molar-refractivity contribution in [3.8, 4) is 0 Å². The molecule has 1 heterocycles. The van der Waals surface area contributed by atoms with Crippen LogP contribution in [0.5, 0.6) is 0 Å². The van der Waals surface area contributed by atoms with Crippen LogP contribution in [0.4, 0.5) is 0 Å². The number of methoxy groups -OCH3 is 1. The predicted molar refractivity (Wildman–Crippen MR) is 141 cm³/mol. The maximum atomic E-state index is 14.1. The highest BCUT2D eigenvalue weighted by molar-refractivity contribution is 5.91. The molecule has 0 bridgehead atoms. The lowest BCUT2D eigenvalue weighted by Gasteiger charge is -2.29. The molecule has 4 atom stereocenters. The van der Waals surface area contributed by atoms with E-state index in [1.54, 1.807) is 4.90 Å². The number of esters is 1. The zero-order chi connectivity index (χ0) is 25.1. The number of likely N-dealkylation sites (tertiary alicyclic amines) is 1. The molecule has 0 unspecified atom stereocenters. The monoisotopic (exact) mass is 482 g/mol. The van der Waals surface area contributed by atoms with E-state index in [-0.39, 0.29) is 17.9 Å². The second-order valence-corrected chi connectivity index (χ2v) is 10.1. The van der Waals surface area contributed by atoms with Crippen molar-refractivity contribution in [1.29, 1.82) is 0 Å². The fourth-order valence-electron chi connectivity index (χ4n) is 5.75. The molecule has 1 aliphatic heterocycles. The van der Waals surface area contributed by atoms with Gasteiger partial charge in [-0.2, -0.15) is 0 Å². The van der Waals surface area contributed by atoms with Crippen molar-refractivity contribution in [2.45, 2.75) is 36.8 Å². The Kier molecular flexibility index (Phi) is 7.19. The topological polar surface area (TPSA) is 49.9 Å². The third kappa shape index (κ3) is 5.07. The molecule has 5 rings (SSSR count). The number of amides is 1. The van der Waals surface area contributed by atoms with Crippen molar-refractivity contribution >= 4 is 11.9 Å². The largest absolute Gasteiger partial charge is 0.467 e. The van der Waals surface area contributed by atoms with Crippen molar-refractivity contribution in [3.63, 3.8) is 0 Å². The molecule has 1 aliphatic carbocycles. The fraction of sp³-hybridized carbons (Fsp3) is 0.355. The minimum absolute atomic E-state index is 0.0488. The van der Waals surface area contributed by atoms with Crippen LogP contribution in [0.2, 0.25) is 0 Å². The van der Waals surface area contributed by atoms with Crippen LogP contribution in [0.3, 0.4) is 0 Å².